The zero-order valence-electron chi connectivity index (χ0n) is 15.2. The third-order valence-corrected chi connectivity index (χ3v) is 5.05. The Morgan fingerprint density at radius 1 is 1.04 bits per heavy atom. The number of amides is 2. The summed E-state index contributed by atoms with van der Waals surface area (Å²) in [4.78, 5) is 27.0. The number of piperidine rings is 1. The van der Waals surface area contributed by atoms with Crippen molar-refractivity contribution in [3.05, 3.63) is 53.6 Å². The molecule has 2 heterocycles. The minimum Gasteiger partial charge on any atom is -0.454 e. The van der Waals surface area contributed by atoms with Gasteiger partial charge in [-0.3, -0.25) is 9.59 Å². The molecule has 142 valence electrons. The molecule has 0 atom stereocenters. The van der Waals surface area contributed by atoms with Crippen molar-refractivity contribution in [2.45, 2.75) is 12.8 Å². The van der Waals surface area contributed by atoms with Crippen molar-refractivity contribution >= 4 is 17.5 Å². The SMILES string of the molecule is N#Cc1ccc(NC(=O)C2CCN(C(=O)c3ccc4c(c3)OCO4)CC2)cc1. The van der Waals surface area contributed by atoms with Gasteiger partial charge < -0.3 is 19.7 Å². The van der Waals surface area contributed by atoms with E-state index >= 15 is 0 Å². The number of nitriles is 1. The number of anilines is 1. The summed E-state index contributed by atoms with van der Waals surface area (Å²) in [5.41, 5.74) is 1.78. The highest BCUT2D eigenvalue weighted by Crippen LogP contribution is 2.33. The molecule has 0 aliphatic carbocycles. The second-order valence-electron chi connectivity index (χ2n) is 6.81. The molecule has 0 spiro atoms. The number of nitrogens with zero attached hydrogens (tertiary/aromatic N) is 2. The van der Waals surface area contributed by atoms with E-state index in [1.54, 1.807) is 47.4 Å². The summed E-state index contributed by atoms with van der Waals surface area (Å²) in [6, 6.07) is 14.0. The fraction of sp³-hybridized carbons (Fsp3) is 0.286. The Labute approximate surface area is 162 Å². The highest BCUT2D eigenvalue weighted by molar-refractivity contribution is 5.96. The van der Waals surface area contributed by atoms with Gasteiger partial charge in [0.1, 0.15) is 0 Å². The molecule has 2 aromatic carbocycles. The van der Waals surface area contributed by atoms with Crippen LogP contribution in [0.15, 0.2) is 42.5 Å². The minimum atomic E-state index is -0.142. The lowest BCUT2D eigenvalue weighted by molar-refractivity contribution is -0.121. The molecule has 0 aromatic heterocycles. The fourth-order valence-electron chi connectivity index (χ4n) is 3.43. The van der Waals surface area contributed by atoms with Crippen molar-refractivity contribution in [3.63, 3.8) is 0 Å². The average Bonchev–Trinajstić information content (AvgIpc) is 3.22. The first-order chi connectivity index (χ1) is 13.6. The van der Waals surface area contributed by atoms with Crippen LogP contribution in [0.2, 0.25) is 0 Å². The summed E-state index contributed by atoms with van der Waals surface area (Å²) < 4.78 is 10.6. The number of hydrogen-bond donors (Lipinski definition) is 1. The Morgan fingerprint density at radius 3 is 2.46 bits per heavy atom. The van der Waals surface area contributed by atoms with E-state index in [1.165, 1.54) is 0 Å². The number of rotatable bonds is 3. The molecule has 2 aromatic rings. The Balaban J connectivity index is 1.33. The van der Waals surface area contributed by atoms with E-state index in [2.05, 4.69) is 5.32 Å². The van der Waals surface area contributed by atoms with Gasteiger partial charge in [0.15, 0.2) is 11.5 Å². The molecule has 2 amide bonds. The predicted octanol–water partition coefficient (Wildman–Crippen LogP) is 2.78. The maximum atomic E-state index is 12.7. The Bertz CT molecular complexity index is 941. The molecule has 0 saturated carbocycles. The lowest BCUT2D eigenvalue weighted by atomic mass is 9.95. The third-order valence-electron chi connectivity index (χ3n) is 5.05. The lowest BCUT2D eigenvalue weighted by Gasteiger charge is -2.31. The van der Waals surface area contributed by atoms with Crippen LogP contribution in [0, 0.1) is 17.2 Å². The summed E-state index contributed by atoms with van der Waals surface area (Å²) in [5, 5.41) is 11.7. The van der Waals surface area contributed by atoms with E-state index in [-0.39, 0.29) is 24.5 Å². The standard InChI is InChI=1S/C21H19N3O4/c22-12-14-1-4-17(5-2-14)23-20(25)15-7-9-24(10-8-15)21(26)16-3-6-18-19(11-16)28-13-27-18/h1-6,11,15H,7-10,13H2,(H,23,25). The molecule has 1 N–H and O–H groups in total. The second-order valence-corrected chi connectivity index (χ2v) is 6.81. The molecule has 0 bridgehead atoms. The first-order valence-corrected chi connectivity index (χ1v) is 9.14. The van der Waals surface area contributed by atoms with Gasteiger partial charge in [0, 0.05) is 30.3 Å². The topological polar surface area (TPSA) is 91.7 Å². The van der Waals surface area contributed by atoms with E-state index in [4.69, 9.17) is 14.7 Å². The van der Waals surface area contributed by atoms with E-state index in [9.17, 15) is 9.59 Å². The van der Waals surface area contributed by atoms with E-state index in [0.29, 0.717) is 54.2 Å². The van der Waals surface area contributed by atoms with Gasteiger partial charge in [0.05, 0.1) is 11.6 Å². The summed E-state index contributed by atoms with van der Waals surface area (Å²) in [6.45, 7) is 1.23. The first kappa shape index (κ1) is 17.9. The van der Waals surface area contributed by atoms with Crippen LogP contribution in [0.4, 0.5) is 5.69 Å². The maximum absolute atomic E-state index is 12.7. The van der Waals surface area contributed by atoms with Crippen LogP contribution in [0.3, 0.4) is 0 Å². The molecule has 7 nitrogen and oxygen atoms in total. The van der Waals surface area contributed by atoms with Gasteiger partial charge in [-0.15, -0.1) is 0 Å². The van der Waals surface area contributed by atoms with Crippen molar-refractivity contribution in [1.29, 1.82) is 5.26 Å². The van der Waals surface area contributed by atoms with Crippen LogP contribution in [0.5, 0.6) is 11.5 Å². The van der Waals surface area contributed by atoms with Crippen molar-refractivity contribution < 1.29 is 19.1 Å². The van der Waals surface area contributed by atoms with Crippen molar-refractivity contribution in [2.75, 3.05) is 25.2 Å². The van der Waals surface area contributed by atoms with Gasteiger partial charge in [-0.05, 0) is 55.3 Å². The van der Waals surface area contributed by atoms with Crippen LogP contribution in [0.1, 0.15) is 28.8 Å². The normalized spacial score (nSPS) is 15.8. The fourth-order valence-corrected chi connectivity index (χ4v) is 3.43. The number of carbonyl (C=O) groups is 2. The first-order valence-electron chi connectivity index (χ1n) is 9.14. The van der Waals surface area contributed by atoms with Crippen molar-refractivity contribution in [1.82, 2.24) is 4.90 Å². The maximum Gasteiger partial charge on any atom is 0.253 e. The summed E-state index contributed by atoms with van der Waals surface area (Å²) in [7, 11) is 0. The summed E-state index contributed by atoms with van der Waals surface area (Å²) in [5.74, 6) is 0.970. The number of nitrogens with one attached hydrogen (secondary N) is 1. The minimum absolute atomic E-state index is 0.0557. The molecular formula is C21H19N3O4. The highest BCUT2D eigenvalue weighted by Gasteiger charge is 2.28. The summed E-state index contributed by atoms with van der Waals surface area (Å²) >= 11 is 0. The highest BCUT2D eigenvalue weighted by atomic mass is 16.7. The van der Waals surface area contributed by atoms with Gasteiger partial charge in [0.25, 0.3) is 5.91 Å². The lowest BCUT2D eigenvalue weighted by Crippen LogP contribution is -2.41. The van der Waals surface area contributed by atoms with Crippen LogP contribution in [-0.4, -0.2) is 36.6 Å². The van der Waals surface area contributed by atoms with Gasteiger partial charge in [-0.2, -0.15) is 5.26 Å². The molecule has 28 heavy (non-hydrogen) atoms. The number of hydrogen-bond acceptors (Lipinski definition) is 5. The van der Waals surface area contributed by atoms with Crippen LogP contribution < -0.4 is 14.8 Å². The van der Waals surface area contributed by atoms with Crippen LogP contribution in [-0.2, 0) is 4.79 Å². The smallest absolute Gasteiger partial charge is 0.253 e. The molecule has 0 unspecified atom stereocenters. The Morgan fingerprint density at radius 2 is 1.75 bits per heavy atom. The van der Waals surface area contributed by atoms with Crippen molar-refractivity contribution in [2.24, 2.45) is 5.92 Å². The average molecular weight is 377 g/mol. The number of carbonyl (C=O) groups excluding carboxylic acids is 2. The van der Waals surface area contributed by atoms with Crippen LogP contribution >= 0.6 is 0 Å². The Kier molecular flexibility index (Phi) is 4.85. The molecule has 7 heteroatoms. The van der Waals surface area contributed by atoms with Gasteiger partial charge in [-0.1, -0.05) is 0 Å². The van der Waals surface area contributed by atoms with Crippen LogP contribution in [0.25, 0.3) is 0 Å². The van der Waals surface area contributed by atoms with Gasteiger partial charge in [0.2, 0.25) is 12.7 Å². The molecule has 1 saturated heterocycles. The van der Waals surface area contributed by atoms with Gasteiger partial charge >= 0.3 is 0 Å². The molecule has 2 aliphatic heterocycles. The summed E-state index contributed by atoms with van der Waals surface area (Å²) in [6.07, 6.45) is 1.22. The molecular weight excluding hydrogens is 358 g/mol. The van der Waals surface area contributed by atoms with Gasteiger partial charge in [-0.25, -0.2) is 0 Å². The quantitative estimate of drug-likeness (QED) is 0.888. The second kappa shape index (κ2) is 7.61. The number of likely N-dealkylation sites (tertiary alicyclic amines) is 1. The number of fused-ring (bicyclic) bond motifs is 1. The number of ether oxygens (including phenoxy) is 2. The third kappa shape index (κ3) is 3.62. The van der Waals surface area contributed by atoms with E-state index in [0.717, 1.165) is 0 Å². The molecule has 0 radical (unpaired) electrons. The monoisotopic (exact) mass is 377 g/mol. The van der Waals surface area contributed by atoms with E-state index < -0.39 is 0 Å². The van der Waals surface area contributed by atoms with Crippen molar-refractivity contribution in [3.8, 4) is 17.6 Å². The zero-order chi connectivity index (χ0) is 19.5. The molecule has 1 fully saturated rings. The molecule has 4 rings (SSSR count). The Hall–Kier alpha value is -3.53. The zero-order valence-corrected chi connectivity index (χ0v) is 15.2. The predicted molar refractivity (Wildman–Crippen MR) is 101 cm³/mol. The van der Waals surface area contributed by atoms with E-state index in [1.807, 2.05) is 6.07 Å². The molecule has 2 aliphatic rings. The largest absolute Gasteiger partial charge is 0.454 e. The number of benzene rings is 2.